The fraction of sp³-hybridized carbons (Fsp3) is 0. The van der Waals surface area contributed by atoms with E-state index >= 15 is 0 Å². The molecule has 0 saturated carbocycles. The number of nitrogens with zero attached hydrogens (tertiary/aromatic N) is 2. The van der Waals surface area contributed by atoms with E-state index in [1.165, 1.54) is 12.1 Å². The van der Waals surface area contributed by atoms with Gasteiger partial charge >= 0.3 is 0 Å². The molecule has 32 heavy (non-hydrogen) atoms. The standard InChI is InChI=1S/C27H18N2O3/c30-29(31)22-17-15-21(16-18-22)27-28-24-14-8-7-13-23(24)26(32-27)25(19-9-3-1-4-10-19)20-11-5-2-6-12-20/h1-18H. The van der Waals surface area contributed by atoms with Gasteiger partial charge < -0.3 is 4.74 Å². The molecular weight excluding hydrogens is 400 g/mol. The average Bonchev–Trinajstić information content (AvgIpc) is 2.85. The van der Waals surface area contributed by atoms with E-state index in [0.29, 0.717) is 17.2 Å². The predicted molar refractivity (Wildman–Crippen MR) is 126 cm³/mol. The van der Waals surface area contributed by atoms with Crippen LogP contribution in [0.5, 0.6) is 0 Å². The fourth-order valence-electron chi connectivity index (χ4n) is 3.72. The number of rotatable bonds is 4. The largest absolute Gasteiger partial charge is 0.437 e. The van der Waals surface area contributed by atoms with Gasteiger partial charge in [-0.15, -0.1) is 0 Å². The summed E-state index contributed by atoms with van der Waals surface area (Å²) >= 11 is 0. The van der Waals surface area contributed by atoms with Gasteiger partial charge in [0.2, 0.25) is 5.90 Å². The van der Waals surface area contributed by atoms with E-state index in [0.717, 1.165) is 28.0 Å². The summed E-state index contributed by atoms with van der Waals surface area (Å²) in [6.07, 6.45) is 0. The highest BCUT2D eigenvalue weighted by Crippen LogP contribution is 2.40. The predicted octanol–water partition coefficient (Wildman–Crippen LogP) is 6.62. The molecule has 0 atom stereocenters. The Kier molecular flexibility index (Phi) is 5.06. The molecule has 0 N–H and O–H groups in total. The molecule has 0 radical (unpaired) electrons. The van der Waals surface area contributed by atoms with Crippen molar-refractivity contribution in [3.05, 3.63) is 142 Å². The third-order valence-corrected chi connectivity index (χ3v) is 5.25. The monoisotopic (exact) mass is 418 g/mol. The first-order valence-electron chi connectivity index (χ1n) is 10.2. The van der Waals surface area contributed by atoms with Crippen LogP contribution in [-0.4, -0.2) is 10.8 Å². The first-order valence-corrected chi connectivity index (χ1v) is 10.2. The zero-order valence-electron chi connectivity index (χ0n) is 17.0. The summed E-state index contributed by atoms with van der Waals surface area (Å²) < 4.78 is 6.43. The quantitative estimate of drug-likeness (QED) is 0.276. The SMILES string of the molecule is O=[N+]([O-])c1ccc(C2=Nc3ccccc3C(=C(c3ccccc3)c3ccccc3)O2)cc1. The summed E-state index contributed by atoms with van der Waals surface area (Å²) in [5, 5.41) is 11.0. The number of aliphatic imine (C=N–C) groups is 1. The lowest BCUT2D eigenvalue weighted by Gasteiger charge is -2.23. The Morgan fingerprint density at radius 2 is 1.28 bits per heavy atom. The van der Waals surface area contributed by atoms with Gasteiger partial charge in [-0.05, 0) is 35.4 Å². The maximum absolute atomic E-state index is 11.0. The Morgan fingerprint density at radius 3 is 1.88 bits per heavy atom. The van der Waals surface area contributed by atoms with Crippen LogP contribution in [0, 0.1) is 10.1 Å². The molecule has 154 valence electrons. The highest BCUT2D eigenvalue weighted by Gasteiger charge is 2.25. The van der Waals surface area contributed by atoms with Gasteiger partial charge in [0.05, 0.1) is 10.6 Å². The highest BCUT2D eigenvalue weighted by molar-refractivity contribution is 6.08. The van der Waals surface area contributed by atoms with Crippen molar-refractivity contribution in [1.29, 1.82) is 0 Å². The molecule has 1 heterocycles. The number of hydrogen-bond donors (Lipinski definition) is 0. The summed E-state index contributed by atoms with van der Waals surface area (Å²) in [4.78, 5) is 15.3. The van der Waals surface area contributed by atoms with E-state index in [2.05, 4.69) is 24.3 Å². The number of ether oxygens (including phenoxy) is 1. The molecule has 0 fully saturated rings. The number of benzene rings is 4. The van der Waals surface area contributed by atoms with Crippen LogP contribution in [0.1, 0.15) is 22.3 Å². The van der Waals surface area contributed by atoms with Gasteiger partial charge in [-0.25, -0.2) is 4.99 Å². The molecule has 0 unspecified atom stereocenters. The zero-order valence-corrected chi connectivity index (χ0v) is 17.0. The van der Waals surface area contributed by atoms with Gasteiger partial charge in [0.1, 0.15) is 5.76 Å². The number of para-hydroxylation sites is 1. The molecule has 1 aliphatic heterocycles. The van der Waals surface area contributed by atoms with Crippen molar-refractivity contribution in [1.82, 2.24) is 0 Å². The molecule has 4 aromatic carbocycles. The smallest absolute Gasteiger partial charge is 0.269 e. The number of fused-ring (bicyclic) bond motifs is 1. The van der Waals surface area contributed by atoms with Crippen molar-refractivity contribution in [2.24, 2.45) is 4.99 Å². The molecule has 5 heteroatoms. The lowest BCUT2D eigenvalue weighted by atomic mass is 9.93. The van der Waals surface area contributed by atoms with Crippen LogP contribution in [0.4, 0.5) is 11.4 Å². The minimum atomic E-state index is -0.420. The van der Waals surface area contributed by atoms with Crippen LogP contribution >= 0.6 is 0 Å². The van der Waals surface area contributed by atoms with Crippen molar-refractivity contribution in [3.8, 4) is 0 Å². The summed E-state index contributed by atoms with van der Waals surface area (Å²) in [6, 6.07) is 34.2. The Labute approximate surface area is 185 Å². The van der Waals surface area contributed by atoms with Crippen molar-refractivity contribution >= 4 is 28.6 Å². The van der Waals surface area contributed by atoms with E-state index in [-0.39, 0.29) is 5.69 Å². The Balaban J connectivity index is 1.73. The lowest BCUT2D eigenvalue weighted by molar-refractivity contribution is -0.384. The summed E-state index contributed by atoms with van der Waals surface area (Å²) in [5.41, 5.74) is 5.36. The van der Waals surface area contributed by atoms with Crippen LogP contribution < -0.4 is 0 Å². The van der Waals surface area contributed by atoms with Gasteiger partial charge in [0, 0.05) is 28.8 Å². The zero-order chi connectivity index (χ0) is 21.9. The Hall–Kier alpha value is -4.51. The third kappa shape index (κ3) is 3.68. The molecule has 0 aromatic heterocycles. The minimum absolute atomic E-state index is 0.0237. The van der Waals surface area contributed by atoms with Crippen LogP contribution in [-0.2, 0) is 4.74 Å². The van der Waals surface area contributed by atoms with Crippen molar-refractivity contribution in [3.63, 3.8) is 0 Å². The molecule has 0 amide bonds. The van der Waals surface area contributed by atoms with Crippen LogP contribution in [0.15, 0.2) is 114 Å². The molecule has 0 aliphatic carbocycles. The molecule has 1 aliphatic rings. The average molecular weight is 418 g/mol. The molecule has 5 rings (SSSR count). The second-order valence-electron chi connectivity index (χ2n) is 7.28. The molecular formula is C27H18N2O3. The number of non-ortho nitro benzene ring substituents is 1. The number of nitro benzene ring substituents is 1. The number of hydrogen-bond acceptors (Lipinski definition) is 4. The van der Waals surface area contributed by atoms with Crippen molar-refractivity contribution in [2.45, 2.75) is 0 Å². The van der Waals surface area contributed by atoms with Gasteiger partial charge in [0.25, 0.3) is 5.69 Å². The van der Waals surface area contributed by atoms with Crippen LogP contribution in [0.25, 0.3) is 11.3 Å². The molecule has 0 saturated heterocycles. The van der Waals surface area contributed by atoms with Gasteiger partial charge in [0.15, 0.2) is 0 Å². The van der Waals surface area contributed by atoms with Crippen LogP contribution in [0.2, 0.25) is 0 Å². The molecule has 5 nitrogen and oxygen atoms in total. The summed E-state index contributed by atoms with van der Waals surface area (Å²) in [5.74, 6) is 1.10. The second kappa shape index (κ2) is 8.32. The normalized spacial score (nSPS) is 12.4. The number of nitro groups is 1. The first kappa shape index (κ1) is 19.5. The molecule has 4 aromatic rings. The maximum atomic E-state index is 11.0. The highest BCUT2D eigenvalue weighted by atomic mass is 16.6. The van der Waals surface area contributed by atoms with Crippen LogP contribution in [0.3, 0.4) is 0 Å². The van der Waals surface area contributed by atoms with E-state index < -0.39 is 4.92 Å². The second-order valence-corrected chi connectivity index (χ2v) is 7.28. The molecule has 0 spiro atoms. The van der Waals surface area contributed by atoms with Gasteiger partial charge in [-0.2, -0.15) is 0 Å². The topological polar surface area (TPSA) is 64.7 Å². The Bertz CT molecular complexity index is 1300. The summed E-state index contributed by atoms with van der Waals surface area (Å²) in [7, 11) is 0. The van der Waals surface area contributed by atoms with Crippen molar-refractivity contribution < 1.29 is 9.66 Å². The Morgan fingerprint density at radius 1 is 0.719 bits per heavy atom. The van der Waals surface area contributed by atoms with E-state index in [1.54, 1.807) is 12.1 Å². The minimum Gasteiger partial charge on any atom is -0.437 e. The summed E-state index contributed by atoms with van der Waals surface area (Å²) in [6.45, 7) is 0. The van der Waals surface area contributed by atoms with Crippen molar-refractivity contribution in [2.75, 3.05) is 0 Å². The van der Waals surface area contributed by atoms with Gasteiger partial charge in [-0.1, -0.05) is 72.8 Å². The fourth-order valence-corrected chi connectivity index (χ4v) is 3.72. The third-order valence-electron chi connectivity index (χ3n) is 5.25. The lowest BCUT2D eigenvalue weighted by Crippen LogP contribution is -2.12. The van der Waals surface area contributed by atoms with E-state index in [4.69, 9.17) is 9.73 Å². The van der Waals surface area contributed by atoms with E-state index in [9.17, 15) is 10.1 Å². The maximum Gasteiger partial charge on any atom is 0.269 e. The molecule has 0 bridgehead atoms. The van der Waals surface area contributed by atoms with E-state index in [1.807, 2.05) is 60.7 Å². The first-order chi connectivity index (χ1) is 15.7. The van der Waals surface area contributed by atoms with Gasteiger partial charge in [-0.3, -0.25) is 10.1 Å².